The van der Waals surface area contributed by atoms with Gasteiger partial charge in [0.15, 0.2) is 0 Å². The molecule has 0 N–H and O–H groups in total. The molecule has 0 unspecified atom stereocenters. The van der Waals surface area contributed by atoms with Crippen LogP contribution in [0.4, 0.5) is 0 Å². The summed E-state index contributed by atoms with van der Waals surface area (Å²) in [5.74, 6) is 1.44. The van der Waals surface area contributed by atoms with Crippen molar-refractivity contribution in [2.75, 3.05) is 7.11 Å². The lowest BCUT2D eigenvalue weighted by Crippen LogP contribution is -2.45. The molecule has 4 heteroatoms. The van der Waals surface area contributed by atoms with Gasteiger partial charge in [-0.1, -0.05) is 36.0 Å². The molecule has 3 saturated carbocycles. The molecule has 116 valence electrons. The molecule has 0 aromatic rings. The fraction of sp³-hybridized carbons (Fsp3) is 0.765. The molecule has 5 atom stereocenters. The van der Waals surface area contributed by atoms with Crippen LogP contribution in [0.3, 0.4) is 0 Å². The van der Waals surface area contributed by atoms with Gasteiger partial charge in [-0.2, -0.15) is 0 Å². The number of rotatable bonds is 1. The number of alkyl halides is 1. The first-order valence-corrected chi connectivity index (χ1v) is 9.22. The predicted octanol–water partition coefficient (Wildman–Crippen LogP) is 5.60. The molecule has 0 aliphatic heterocycles. The Bertz CT molecular complexity index is 540. The molecular formula is C17H21Cl3O. The van der Waals surface area contributed by atoms with Gasteiger partial charge in [-0.3, -0.25) is 0 Å². The quantitative estimate of drug-likeness (QED) is 0.561. The van der Waals surface area contributed by atoms with E-state index in [1.165, 1.54) is 37.7 Å². The molecule has 2 bridgehead atoms. The normalized spacial score (nSPS) is 50.5. The molecule has 0 saturated heterocycles. The standard InChI is InChI=1S/C17H21Cl3O/c1-21-17-9-16(7-11(17)8-18)6-10-4-2-3-5-12(10)13(16)14(19)15(17)20/h8,10,12,15H,2-7,9H2,1H3/b11-8+/t10-,12-,15+,16-,17+/m1/s1. The average molecular weight is 348 g/mol. The van der Waals surface area contributed by atoms with Crippen molar-refractivity contribution in [2.45, 2.75) is 55.9 Å². The zero-order valence-electron chi connectivity index (χ0n) is 12.3. The summed E-state index contributed by atoms with van der Waals surface area (Å²) in [6.45, 7) is 0. The van der Waals surface area contributed by atoms with Gasteiger partial charge in [-0.05, 0) is 55.1 Å². The second-order valence-corrected chi connectivity index (χ2v) is 8.40. The Morgan fingerprint density at radius 3 is 2.76 bits per heavy atom. The molecule has 0 heterocycles. The second-order valence-electron chi connectivity index (χ2n) is 7.34. The number of methoxy groups -OCH3 is 1. The first kappa shape index (κ1) is 14.9. The van der Waals surface area contributed by atoms with E-state index in [4.69, 9.17) is 39.5 Å². The molecule has 4 rings (SSSR count). The Balaban J connectivity index is 1.88. The van der Waals surface area contributed by atoms with Crippen LogP contribution in [0.15, 0.2) is 21.7 Å². The Morgan fingerprint density at radius 1 is 1.29 bits per heavy atom. The van der Waals surface area contributed by atoms with Crippen LogP contribution in [0.25, 0.3) is 0 Å². The summed E-state index contributed by atoms with van der Waals surface area (Å²) in [6.07, 6.45) is 8.49. The molecule has 0 aromatic heterocycles. The van der Waals surface area contributed by atoms with Gasteiger partial charge in [0.05, 0.1) is 0 Å². The van der Waals surface area contributed by atoms with Crippen LogP contribution in [0.5, 0.6) is 0 Å². The van der Waals surface area contributed by atoms with E-state index >= 15 is 0 Å². The van der Waals surface area contributed by atoms with Crippen LogP contribution in [0.2, 0.25) is 0 Å². The first-order chi connectivity index (χ1) is 10.1. The first-order valence-electron chi connectivity index (χ1n) is 7.97. The smallest absolute Gasteiger partial charge is 0.112 e. The number of ether oxygens (including phenoxy) is 1. The summed E-state index contributed by atoms with van der Waals surface area (Å²) in [4.78, 5) is 0. The van der Waals surface area contributed by atoms with Gasteiger partial charge < -0.3 is 4.74 Å². The molecule has 4 aliphatic carbocycles. The number of halogens is 3. The SMILES string of the molecule is CO[C@@]12C[C@]3(C/C1=C\Cl)C[C@H]1CCCC[C@H]1C3=C(Cl)[C@@H]2Cl. The number of hydrogen-bond donors (Lipinski definition) is 0. The third-order valence-electron chi connectivity index (χ3n) is 6.56. The van der Waals surface area contributed by atoms with E-state index in [9.17, 15) is 0 Å². The van der Waals surface area contributed by atoms with E-state index < -0.39 is 5.60 Å². The van der Waals surface area contributed by atoms with Crippen molar-refractivity contribution in [1.29, 1.82) is 0 Å². The molecule has 1 spiro atoms. The molecule has 0 radical (unpaired) electrons. The highest BCUT2D eigenvalue weighted by Crippen LogP contribution is 2.71. The van der Waals surface area contributed by atoms with Gasteiger partial charge >= 0.3 is 0 Å². The van der Waals surface area contributed by atoms with Crippen molar-refractivity contribution in [2.24, 2.45) is 17.3 Å². The van der Waals surface area contributed by atoms with Crippen molar-refractivity contribution in [3.63, 3.8) is 0 Å². The minimum absolute atomic E-state index is 0.166. The highest BCUT2D eigenvalue weighted by Gasteiger charge is 2.66. The molecule has 0 amide bonds. The van der Waals surface area contributed by atoms with Gasteiger partial charge in [0.25, 0.3) is 0 Å². The lowest BCUT2D eigenvalue weighted by Gasteiger charge is -2.41. The van der Waals surface area contributed by atoms with Gasteiger partial charge in [-0.15, -0.1) is 11.6 Å². The molecule has 21 heavy (non-hydrogen) atoms. The van der Waals surface area contributed by atoms with Crippen LogP contribution in [0, 0.1) is 17.3 Å². The number of allylic oxidation sites excluding steroid dienone is 1. The highest BCUT2D eigenvalue weighted by molar-refractivity contribution is 6.38. The minimum Gasteiger partial charge on any atom is -0.372 e. The fourth-order valence-corrected chi connectivity index (χ4v) is 7.03. The van der Waals surface area contributed by atoms with E-state index in [1.54, 1.807) is 12.6 Å². The Hall–Kier alpha value is 0.310. The van der Waals surface area contributed by atoms with Crippen molar-refractivity contribution in [3.8, 4) is 0 Å². The maximum absolute atomic E-state index is 6.80. The molecule has 4 aliphatic rings. The minimum atomic E-state index is -0.489. The van der Waals surface area contributed by atoms with Crippen LogP contribution in [0.1, 0.15) is 44.9 Å². The summed E-state index contributed by atoms with van der Waals surface area (Å²) in [7, 11) is 1.74. The summed E-state index contributed by atoms with van der Waals surface area (Å²) in [6, 6.07) is 0. The van der Waals surface area contributed by atoms with Gasteiger partial charge in [0, 0.05) is 23.1 Å². The molecule has 1 nitrogen and oxygen atoms in total. The van der Waals surface area contributed by atoms with Crippen molar-refractivity contribution >= 4 is 34.8 Å². The summed E-state index contributed by atoms with van der Waals surface area (Å²) in [5.41, 5.74) is 3.98. The predicted molar refractivity (Wildman–Crippen MR) is 87.9 cm³/mol. The lowest BCUT2D eigenvalue weighted by molar-refractivity contribution is 0.0138. The van der Waals surface area contributed by atoms with Gasteiger partial charge in [0.1, 0.15) is 11.0 Å². The van der Waals surface area contributed by atoms with E-state index in [2.05, 4.69) is 0 Å². The van der Waals surface area contributed by atoms with Crippen LogP contribution in [-0.2, 0) is 4.74 Å². The van der Waals surface area contributed by atoms with Crippen molar-refractivity contribution in [1.82, 2.24) is 0 Å². The lowest BCUT2D eigenvalue weighted by atomic mass is 9.72. The summed E-state index contributed by atoms with van der Waals surface area (Å²) < 4.78 is 5.91. The van der Waals surface area contributed by atoms with E-state index in [0.29, 0.717) is 5.92 Å². The Morgan fingerprint density at radius 2 is 2.05 bits per heavy atom. The van der Waals surface area contributed by atoms with Crippen LogP contribution >= 0.6 is 34.8 Å². The number of fused-ring (bicyclic) bond motifs is 3. The van der Waals surface area contributed by atoms with E-state index in [0.717, 1.165) is 29.4 Å². The average Bonchev–Trinajstić information content (AvgIpc) is 2.98. The fourth-order valence-electron chi connectivity index (χ4n) is 5.83. The summed E-state index contributed by atoms with van der Waals surface area (Å²) >= 11 is 19.7. The largest absolute Gasteiger partial charge is 0.372 e. The monoisotopic (exact) mass is 346 g/mol. The zero-order valence-corrected chi connectivity index (χ0v) is 14.6. The van der Waals surface area contributed by atoms with Crippen molar-refractivity contribution < 1.29 is 4.74 Å². The van der Waals surface area contributed by atoms with E-state index in [-0.39, 0.29) is 10.8 Å². The molecule has 3 fully saturated rings. The van der Waals surface area contributed by atoms with Gasteiger partial charge in [0.2, 0.25) is 0 Å². The highest BCUT2D eigenvalue weighted by atomic mass is 35.5. The Kier molecular flexibility index (Phi) is 3.47. The molecule has 0 aromatic carbocycles. The maximum atomic E-state index is 6.80. The summed E-state index contributed by atoms with van der Waals surface area (Å²) in [5, 5.41) is 0.577. The number of hydrogen-bond acceptors (Lipinski definition) is 1. The topological polar surface area (TPSA) is 9.23 Å². The maximum Gasteiger partial charge on any atom is 0.112 e. The van der Waals surface area contributed by atoms with Gasteiger partial charge in [-0.25, -0.2) is 0 Å². The van der Waals surface area contributed by atoms with Crippen LogP contribution in [-0.4, -0.2) is 18.1 Å². The van der Waals surface area contributed by atoms with Crippen LogP contribution < -0.4 is 0 Å². The second kappa shape index (κ2) is 4.90. The van der Waals surface area contributed by atoms with Crippen molar-refractivity contribution in [3.05, 3.63) is 21.7 Å². The van der Waals surface area contributed by atoms with E-state index in [1.807, 2.05) is 0 Å². The third-order valence-corrected chi connectivity index (χ3v) is 7.93. The Labute approximate surface area is 141 Å². The third kappa shape index (κ3) is 1.75. The molecular weight excluding hydrogens is 327 g/mol. The zero-order chi connectivity index (χ0) is 14.8.